The fraction of sp³-hybridized carbons (Fsp3) is 0.286. The van der Waals surface area contributed by atoms with Crippen LogP contribution in [0.4, 0.5) is 5.69 Å². The van der Waals surface area contributed by atoms with Crippen molar-refractivity contribution in [3.05, 3.63) is 41.7 Å². The zero-order valence-corrected chi connectivity index (χ0v) is 11.6. The number of hydrogen-bond acceptors (Lipinski definition) is 4. The minimum absolute atomic E-state index is 0.142. The van der Waals surface area contributed by atoms with Crippen LogP contribution in [0, 0.1) is 6.92 Å². The number of benzene rings is 1. The predicted octanol–water partition coefficient (Wildman–Crippen LogP) is 1.12. The van der Waals surface area contributed by atoms with E-state index in [1.165, 1.54) is 0 Å². The molecular formula is C14H18N4O2. The van der Waals surface area contributed by atoms with E-state index in [1.807, 2.05) is 0 Å². The first-order valence-corrected chi connectivity index (χ1v) is 6.33. The van der Waals surface area contributed by atoms with E-state index in [2.05, 4.69) is 10.4 Å². The molecule has 20 heavy (non-hydrogen) atoms. The van der Waals surface area contributed by atoms with E-state index in [9.17, 15) is 4.79 Å². The monoisotopic (exact) mass is 274 g/mol. The van der Waals surface area contributed by atoms with Crippen LogP contribution in [0.2, 0.25) is 0 Å². The fourth-order valence-electron chi connectivity index (χ4n) is 1.82. The van der Waals surface area contributed by atoms with Crippen molar-refractivity contribution in [3.8, 4) is 5.75 Å². The molecule has 1 heterocycles. The summed E-state index contributed by atoms with van der Waals surface area (Å²) < 4.78 is 7.11. The lowest BCUT2D eigenvalue weighted by Crippen LogP contribution is -2.28. The first-order chi connectivity index (χ1) is 9.56. The van der Waals surface area contributed by atoms with Crippen LogP contribution in [0.5, 0.6) is 5.75 Å². The number of rotatable bonds is 5. The Balaban J connectivity index is 1.77. The number of nitrogen functional groups attached to an aromatic ring is 1. The van der Waals surface area contributed by atoms with Gasteiger partial charge < -0.3 is 15.8 Å². The summed E-state index contributed by atoms with van der Waals surface area (Å²) in [5.41, 5.74) is 7.57. The van der Waals surface area contributed by atoms with E-state index in [4.69, 9.17) is 10.5 Å². The van der Waals surface area contributed by atoms with Gasteiger partial charge in [0.25, 0.3) is 5.91 Å². The molecule has 0 aliphatic rings. The number of ether oxygens (including phenoxy) is 1. The van der Waals surface area contributed by atoms with Crippen LogP contribution in [0.25, 0.3) is 0 Å². The Kier molecular flexibility index (Phi) is 4.24. The molecule has 0 fully saturated rings. The number of aryl methyl sites for hydroxylation is 2. The van der Waals surface area contributed by atoms with E-state index < -0.39 is 0 Å². The van der Waals surface area contributed by atoms with Crippen molar-refractivity contribution in [3.63, 3.8) is 0 Å². The Labute approximate surface area is 117 Å². The summed E-state index contributed by atoms with van der Waals surface area (Å²) in [7, 11) is 1.79. The van der Waals surface area contributed by atoms with Crippen molar-refractivity contribution in [1.82, 2.24) is 15.1 Å². The quantitative estimate of drug-likeness (QED) is 0.632. The summed E-state index contributed by atoms with van der Waals surface area (Å²) in [5, 5.41) is 6.92. The average molecular weight is 274 g/mol. The van der Waals surface area contributed by atoms with Gasteiger partial charge in [-0.05, 0) is 31.2 Å². The molecule has 0 saturated carbocycles. The molecule has 0 aliphatic heterocycles. The second kappa shape index (κ2) is 6.10. The second-order valence-electron chi connectivity index (χ2n) is 4.48. The van der Waals surface area contributed by atoms with Gasteiger partial charge in [0.15, 0.2) is 0 Å². The van der Waals surface area contributed by atoms with Crippen LogP contribution in [-0.4, -0.2) is 28.8 Å². The molecular weight excluding hydrogens is 256 g/mol. The molecule has 1 amide bonds. The highest BCUT2D eigenvalue weighted by molar-refractivity contribution is 5.94. The van der Waals surface area contributed by atoms with Gasteiger partial charge in [0.05, 0.1) is 17.8 Å². The van der Waals surface area contributed by atoms with Crippen LogP contribution in [0.15, 0.2) is 30.5 Å². The summed E-state index contributed by atoms with van der Waals surface area (Å²) in [6.45, 7) is 2.63. The Morgan fingerprint density at radius 3 is 2.70 bits per heavy atom. The minimum Gasteiger partial charge on any atom is -0.492 e. The lowest BCUT2D eigenvalue weighted by molar-refractivity contribution is 0.0946. The summed E-state index contributed by atoms with van der Waals surface area (Å²) in [6, 6.07) is 7.13. The van der Waals surface area contributed by atoms with Gasteiger partial charge in [-0.15, -0.1) is 0 Å². The third kappa shape index (κ3) is 3.50. The molecule has 0 radical (unpaired) electrons. The SMILES string of the molecule is Cc1nn(C)cc1C(=O)NCCOc1ccc(N)cc1. The van der Waals surface area contributed by atoms with E-state index in [0.717, 1.165) is 5.75 Å². The summed E-state index contributed by atoms with van der Waals surface area (Å²) in [5.74, 6) is 0.586. The molecule has 6 heteroatoms. The number of nitrogens with zero attached hydrogens (tertiary/aromatic N) is 2. The Hall–Kier alpha value is -2.50. The molecule has 0 spiro atoms. The van der Waals surface area contributed by atoms with E-state index >= 15 is 0 Å². The molecule has 1 aromatic carbocycles. The van der Waals surface area contributed by atoms with Gasteiger partial charge in [0.1, 0.15) is 12.4 Å². The van der Waals surface area contributed by atoms with Gasteiger partial charge in [-0.1, -0.05) is 0 Å². The Morgan fingerprint density at radius 2 is 2.10 bits per heavy atom. The van der Waals surface area contributed by atoms with Gasteiger partial charge in [-0.25, -0.2) is 0 Å². The van der Waals surface area contributed by atoms with Crippen LogP contribution in [0.1, 0.15) is 16.1 Å². The van der Waals surface area contributed by atoms with E-state index in [1.54, 1.807) is 49.1 Å². The van der Waals surface area contributed by atoms with Crippen molar-refractivity contribution in [2.45, 2.75) is 6.92 Å². The number of aromatic nitrogens is 2. The minimum atomic E-state index is -0.142. The fourth-order valence-corrected chi connectivity index (χ4v) is 1.82. The van der Waals surface area contributed by atoms with Crippen LogP contribution >= 0.6 is 0 Å². The highest BCUT2D eigenvalue weighted by Crippen LogP contribution is 2.12. The molecule has 0 aliphatic carbocycles. The number of nitrogens with two attached hydrogens (primary N) is 1. The Bertz CT molecular complexity index is 590. The maximum atomic E-state index is 11.9. The lowest BCUT2D eigenvalue weighted by atomic mass is 10.2. The summed E-state index contributed by atoms with van der Waals surface area (Å²) >= 11 is 0. The van der Waals surface area contributed by atoms with Crippen molar-refractivity contribution >= 4 is 11.6 Å². The molecule has 1 aromatic heterocycles. The first kappa shape index (κ1) is 13.9. The highest BCUT2D eigenvalue weighted by atomic mass is 16.5. The molecule has 2 rings (SSSR count). The second-order valence-corrected chi connectivity index (χ2v) is 4.48. The lowest BCUT2D eigenvalue weighted by Gasteiger charge is -2.07. The van der Waals surface area contributed by atoms with E-state index in [0.29, 0.717) is 30.1 Å². The van der Waals surface area contributed by atoms with E-state index in [-0.39, 0.29) is 5.91 Å². The molecule has 0 bridgehead atoms. The highest BCUT2D eigenvalue weighted by Gasteiger charge is 2.11. The van der Waals surface area contributed by atoms with Gasteiger partial charge in [-0.3, -0.25) is 9.48 Å². The predicted molar refractivity (Wildman–Crippen MR) is 76.6 cm³/mol. The van der Waals surface area contributed by atoms with Crippen molar-refractivity contribution in [2.24, 2.45) is 7.05 Å². The van der Waals surface area contributed by atoms with Gasteiger partial charge >= 0.3 is 0 Å². The molecule has 6 nitrogen and oxygen atoms in total. The zero-order valence-electron chi connectivity index (χ0n) is 11.6. The van der Waals surface area contributed by atoms with Gasteiger partial charge in [-0.2, -0.15) is 5.10 Å². The smallest absolute Gasteiger partial charge is 0.254 e. The first-order valence-electron chi connectivity index (χ1n) is 6.33. The number of amides is 1. The molecule has 3 N–H and O–H groups in total. The standard InChI is InChI=1S/C14H18N4O2/c1-10-13(9-18(2)17-10)14(19)16-7-8-20-12-5-3-11(15)4-6-12/h3-6,9H,7-8,15H2,1-2H3,(H,16,19). The molecule has 106 valence electrons. The maximum Gasteiger partial charge on any atom is 0.254 e. The number of hydrogen-bond donors (Lipinski definition) is 2. The average Bonchev–Trinajstić information content (AvgIpc) is 2.75. The third-order valence-electron chi connectivity index (χ3n) is 2.79. The Morgan fingerprint density at radius 1 is 1.40 bits per heavy atom. The van der Waals surface area contributed by atoms with Crippen molar-refractivity contribution in [1.29, 1.82) is 0 Å². The largest absolute Gasteiger partial charge is 0.492 e. The molecule has 2 aromatic rings. The summed E-state index contributed by atoms with van der Waals surface area (Å²) in [4.78, 5) is 11.9. The number of anilines is 1. The van der Waals surface area contributed by atoms with Crippen molar-refractivity contribution in [2.75, 3.05) is 18.9 Å². The van der Waals surface area contributed by atoms with Crippen LogP contribution < -0.4 is 15.8 Å². The van der Waals surface area contributed by atoms with Crippen LogP contribution in [0.3, 0.4) is 0 Å². The normalized spacial score (nSPS) is 10.3. The number of nitrogens with one attached hydrogen (secondary N) is 1. The topological polar surface area (TPSA) is 82.2 Å². The van der Waals surface area contributed by atoms with Crippen LogP contribution in [-0.2, 0) is 7.05 Å². The number of carbonyl (C=O) groups is 1. The summed E-state index contributed by atoms with van der Waals surface area (Å²) in [6.07, 6.45) is 1.70. The molecule has 0 unspecified atom stereocenters. The van der Waals surface area contributed by atoms with Crippen molar-refractivity contribution < 1.29 is 9.53 Å². The molecule has 0 atom stereocenters. The van der Waals surface area contributed by atoms with Gasteiger partial charge in [0, 0.05) is 18.9 Å². The maximum absolute atomic E-state index is 11.9. The third-order valence-corrected chi connectivity index (χ3v) is 2.79. The number of carbonyl (C=O) groups excluding carboxylic acids is 1. The zero-order chi connectivity index (χ0) is 14.5. The molecule has 0 saturated heterocycles. The van der Waals surface area contributed by atoms with Gasteiger partial charge in [0.2, 0.25) is 0 Å².